The quantitative estimate of drug-likeness (QED) is 0.777. The zero-order valence-electron chi connectivity index (χ0n) is 12.2. The Labute approximate surface area is 118 Å². The molecule has 0 spiro atoms. The van der Waals surface area contributed by atoms with Gasteiger partial charge in [0.2, 0.25) is 0 Å². The van der Waals surface area contributed by atoms with Gasteiger partial charge in [-0.15, -0.1) is 0 Å². The number of pyridine rings is 1. The molecule has 6 nitrogen and oxygen atoms in total. The molecule has 0 fully saturated rings. The summed E-state index contributed by atoms with van der Waals surface area (Å²) in [7, 11) is 1.32. The van der Waals surface area contributed by atoms with Gasteiger partial charge in [0.05, 0.1) is 18.4 Å². The summed E-state index contributed by atoms with van der Waals surface area (Å²) >= 11 is 0. The largest absolute Gasteiger partial charge is 0.481 e. The standard InChI is InChI=1S/C14H20N2O4/c1-9-10(13(19)20-4)5-6-11(15-9)16-14(2,3)8-7-12(17)18/h5-6H,7-8H2,1-4H3,(H,15,16)(H,17,18). The summed E-state index contributed by atoms with van der Waals surface area (Å²) in [6.07, 6.45) is 0.557. The Kier molecular flexibility index (Phi) is 5.07. The molecule has 0 aliphatic carbocycles. The van der Waals surface area contributed by atoms with Crippen molar-refractivity contribution in [3.8, 4) is 0 Å². The van der Waals surface area contributed by atoms with Gasteiger partial charge in [-0.1, -0.05) is 0 Å². The Morgan fingerprint density at radius 1 is 1.40 bits per heavy atom. The van der Waals surface area contributed by atoms with Gasteiger partial charge in [-0.3, -0.25) is 4.79 Å². The molecule has 1 aromatic heterocycles. The first-order chi connectivity index (χ1) is 9.25. The van der Waals surface area contributed by atoms with Gasteiger partial charge < -0.3 is 15.2 Å². The average Bonchev–Trinajstić information content (AvgIpc) is 2.35. The first-order valence-corrected chi connectivity index (χ1v) is 6.31. The van der Waals surface area contributed by atoms with E-state index in [0.717, 1.165) is 0 Å². The van der Waals surface area contributed by atoms with Gasteiger partial charge in [-0.2, -0.15) is 0 Å². The predicted octanol–water partition coefficient (Wildman–Crippen LogP) is 2.23. The van der Waals surface area contributed by atoms with Crippen LogP contribution in [0, 0.1) is 6.92 Å². The number of aromatic nitrogens is 1. The molecule has 1 heterocycles. The minimum atomic E-state index is -0.829. The molecule has 20 heavy (non-hydrogen) atoms. The van der Waals surface area contributed by atoms with Crippen LogP contribution in [0.5, 0.6) is 0 Å². The molecule has 1 aromatic rings. The fourth-order valence-electron chi connectivity index (χ4n) is 1.78. The second kappa shape index (κ2) is 6.36. The van der Waals surface area contributed by atoms with Crippen molar-refractivity contribution in [3.05, 3.63) is 23.4 Å². The van der Waals surface area contributed by atoms with Crippen molar-refractivity contribution in [1.82, 2.24) is 4.98 Å². The zero-order chi connectivity index (χ0) is 15.3. The second-order valence-corrected chi connectivity index (χ2v) is 5.22. The molecule has 0 amide bonds. The van der Waals surface area contributed by atoms with Crippen LogP contribution in [0.15, 0.2) is 12.1 Å². The van der Waals surface area contributed by atoms with Crippen molar-refractivity contribution in [3.63, 3.8) is 0 Å². The van der Waals surface area contributed by atoms with Gasteiger partial charge in [0.15, 0.2) is 0 Å². The normalized spacial score (nSPS) is 11.0. The number of esters is 1. The van der Waals surface area contributed by atoms with Crippen molar-refractivity contribution >= 4 is 17.8 Å². The lowest BCUT2D eigenvalue weighted by Gasteiger charge is -2.26. The molecular formula is C14H20N2O4. The number of hydrogen-bond acceptors (Lipinski definition) is 5. The van der Waals surface area contributed by atoms with Gasteiger partial charge in [0.1, 0.15) is 5.82 Å². The highest BCUT2D eigenvalue weighted by Gasteiger charge is 2.20. The minimum Gasteiger partial charge on any atom is -0.481 e. The first-order valence-electron chi connectivity index (χ1n) is 6.31. The maximum absolute atomic E-state index is 11.5. The van der Waals surface area contributed by atoms with Gasteiger partial charge in [-0.05, 0) is 39.3 Å². The number of methoxy groups -OCH3 is 1. The van der Waals surface area contributed by atoms with E-state index in [1.54, 1.807) is 19.1 Å². The Morgan fingerprint density at radius 3 is 2.55 bits per heavy atom. The SMILES string of the molecule is COC(=O)c1ccc(NC(C)(C)CCC(=O)O)nc1C. The van der Waals surface area contributed by atoms with Crippen LogP contribution in [0.2, 0.25) is 0 Å². The summed E-state index contributed by atoms with van der Waals surface area (Å²) in [6.45, 7) is 5.53. The summed E-state index contributed by atoms with van der Waals surface area (Å²) < 4.78 is 4.66. The van der Waals surface area contributed by atoms with E-state index in [9.17, 15) is 9.59 Å². The van der Waals surface area contributed by atoms with Crippen LogP contribution in [0.1, 0.15) is 42.7 Å². The van der Waals surface area contributed by atoms with Crippen LogP contribution in [0.3, 0.4) is 0 Å². The van der Waals surface area contributed by atoms with Crippen LogP contribution in [0.4, 0.5) is 5.82 Å². The van der Waals surface area contributed by atoms with Crippen molar-refractivity contribution < 1.29 is 19.4 Å². The van der Waals surface area contributed by atoms with E-state index in [1.807, 2.05) is 13.8 Å². The number of rotatable bonds is 6. The van der Waals surface area contributed by atoms with Crippen molar-refractivity contribution in [2.24, 2.45) is 0 Å². The Hall–Kier alpha value is -2.11. The van der Waals surface area contributed by atoms with Crippen molar-refractivity contribution in [2.45, 2.75) is 39.2 Å². The van der Waals surface area contributed by atoms with Gasteiger partial charge in [0, 0.05) is 12.0 Å². The summed E-state index contributed by atoms with van der Waals surface area (Å²) in [6, 6.07) is 3.32. The molecule has 0 radical (unpaired) electrons. The molecule has 0 unspecified atom stereocenters. The zero-order valence-corrected chi connectivity index (χ0v) is 12.2. The Bertz CT molecular complexity index is 512. The summed E-state index contributed by atoms with van der Waals surface area (Å²) in [5.41, 5.74) is 0.585. The van der Waals surface area contributed by atoms with Crippen LogP contribution < -0.4 is 5.32 Å². The third-order valence-corrected chi connectivity index (χ3v) is 2.92. The molecule has 110 valence electrons. The molecule has 1 rings (SSSR count). The van der Waals surface area contributed by atoms with E-state index in [-0.39, 0.29) is 6.42 Å². The molecule has 0 saturated carbocycles. The molecule has 0 saturated heterocycles. The number of carbonyl (C=O) groups is 2. The van der Waals surface area contributed by atoms with E-state index >= 15 is 0 Å². The Morgan fingerprint density at radius 2 is 2.05 bits per heavy atom. The number of aryl methyl sites for hydroxylation is 1. The van der Waals surface area contributed by atoms with Crippen molar-refractivity contribution in [1.29, 1.82) is 0 Å². The van der Waals surface area contributed by atoms with E-state index in [4.69, 9.17) is 5.11 Å². The maximum Gasteiger partial charge on any atom is 0.339 e. The summed E-state index contributed by atoms with van der Waals surface area (Å²) in [4.78, 5) is 26.4. The number of nitrogens with one attached hydrogen (secondary N) is 1. The molecule has 0 aromatic carbocycles. The number of aliphatic carboxylic acids is 1. The first kappa shape index (κ1) is 15.9. The van der Waals surface area contributed by atoms with E-state index in [1.165, 1.54) is 7.11 Å². The molecular weight excluding hydrogens is 260 g/mol. The highest BCUT2D eigenvalue weighted by molar-refractivity contribution is 5.90. The lowest BCUT2D eigenvalue weighted by Crippen LogP contribution is -2.32. The van der Waals surface area contributed by atoms with Crippen molar-refractivity contribution in [2.75, 3.05) is 12.4 Å². The highest BCUT2D eigenvalue weighted by atomic mass is 16.5. The maximum atomic E-state index is 11.5. The summed E-state index contributed by atoms with van der Waals surface area (Å²) in [5, 5.41) is 11.9. The Balaban J connectivity index is 2.81. The fraction of sp³-hybridized carbons (Fsp3) is 0.500. The number of carbonyl (C=O) groups excluding carboxylic acids is 1. The van der Waals surface area contributed by atoms with Crippen LogP contribution >= 0.6 is 0 Å². The van der Waals surface area contributed by atoms with E-state index in [0.29, 0.717) is 23.5 Å². The van der Waals surface area contributed by atoms with Gasteiger partial charge in [0.25, 0.3) is 0 Å². The monoisotopic (exact) mass is 280 g/mol. The molecule has 0 atom stereocenters. The molecule has 0 aliphatic heterocycles. The molecule has 6 heteroatoms. The van der Waals surface area contributed by atoms with Gasteiger partial charge in [-0.25, -0.2) is 9.78 Å². The van der Waals surface area contributed by atoms with Crippen LogP contribution in [-0.2, 0) is 9.53 Å². The third kappa shape index (κ3) is 4.53. The average molecular weight is 280 g/mol. The van der Waals surface area contributed by atoms with Crippen LogP contribution in [-0.4, -0.2) is 34.7 Å². The second-order valence-electron chi connectivity index (χ2n) is 5.22. The highest BCUT2D eigenvalue weighted by Crippen LogP contribution is 2.19. The number of hydrogen-bond donors (Lipinski definition) is 2. The number of ether oxygens (including phenoxy) is 1. The molecule has 0 bridgehead atoms. The van der Waals surface area contributed by atoms with E-state index < -0.39 is 17.5 Å². The fourth-order valence-corrected chi connectivity index (χ4v) is 1.78. The minimum absolute atomic E-state index is 0.0826. The predicted molar refractivity (Wildman–Crippen MR) is 74.9 cm³/mol. The lowest BCUT2D eigenvalue weighted by molar-refractivity contribution is -0.137. The summed E-state index contributed by atoms with van der Waals surface area (Å²) in [5.74, 6) is -0.651. The topological polar surface area (TPSA) is 88.5 Å². The third-order valence-electron chi connectivity index (χ3n) is 2.92. The number of carboxylic acids is 1. The smallest absolute Gasteiger partial charge is 0.339 e. The molecule has 2 N–H and O–H groups in total. The number of nitrogens with zero attached hydrogens (tertiary/aromatic N) is 1. The number of carboxylic acid groups (broad SMARTS) is 1. The lowest BCUT2D eigenvalue weighted by atomic mass is 9.98. The van der Waals surface area contributed by atoms with E-state index in [2.05, 4.69) is 15.0 Å². The van der Waals surface area contributed by atoms with Crippen LogP contribution in [0.25, 0.3) is 0 Å². The molecule has 0 aliphatic rings. The van der Waals surface area contributed by atoms with Gasteiger partial charge >= 0.3 is 11.9 Å². The number of anilines is 1.